The molecule has 1 aliphatic rings. The number of nitrogens with two attached hydrogens (primary N) is 1. The zero-order valence-corrected chi connectivity index (χ0v) is 14.2. The monoisotopic (exact) mass is 312 g/mol. The lowest BCUT2D eigenvalue weighted by Gasteiger charge is -2.32. The van der Waals surface area contributed by atoms with Crippen LogP contribution >= 0.6 is 23.1 Å². The van der Waals surface area contributed by atoms with Crippen LogP contribution in [0.4, 0.5) is 10.7 Å². The molecule has 2 heterocycles. The number of anilines is 2. The van der Waals surface area contributed by atoms with Gasteiger partial charge in [0.15, 0.2) is 5.78 Å². The van der Waals surface area contributed by atoms with E-state index in [1.54, 1.807) is 23.1 Å². The fraction of sp³-hybridized carbons (Fsp3) is 0.667. The van der Waals surface area contributed by atoms with Crippen LogP contribution in [0.5, 0.6) is 0 Å². The molecular weight excluding hydrogens is 288 g/mol. The van der Waals surface area contributed by atoms with E-state index in [0.29, 0.717) is 12.1 Å². The maximum atomic E-state index is 12.0. The van der Waals surface area contributed by atoms with Crippen LogP contribution in [-0.4, -0.2) is 25.1 Å². The third kappa shape index (κ3) is 2.98. The van der Waals surface area contributed by atoms with E-state index in [4.69, 9.17) is 5.73 Å². The Morgan fingerprint density at radius 1 is 1.40 bits per heavy atom. The Bertz CT molecular complexity index is 476. The number of thiophene rings is 1. The fourth-order valence-electron chi connectivity index (χ4n) is 2.73. The van der Waals surface area contributed by atoms with E-state index >= 15 is 0 Å². The number of nitrogens with zero attached hydrogens (tertiary/aromatic N) is 1. The minimum atomic E-state index is 0.164. The SMILES string of the molecule is CCC(=O)c1sc(N2CCC(CC)CC2)c(SC)c1N. The second-order valence-corrected chi connectivity index (χ2v) is 7.11. The van der Waals surface area contributed by atoms with E-state index < -0.39 is 0 Å². The highest BCUT2D eigenvalue weighted by atomic mass is 32.2. The van der Waals surface area contributed by atoms with Gasteiger partial charge in [-0.25, -0.2) is 0 Å². The van der Waals surface area contributed by atoms with Gasteiger partial charge < -0.3 is 10.6 Å². The van der Waals surface area contributed by atoms with Crippen LogP contribution in [0.3, 0.4) is 0 Å². The lowest BCUT2D eigenvalue weighted by Crippen LogP contribution is -2.33. The summed E-state index contributed by atoms with van der Waals surface area (Å²) in [6, 6.07) is 0. The van der Waals surface area contributed by atoms with Crippen molar-refractivity contribution in [2.75, 3.05) is 30.0 Å². The zero-order chi connectivity index (χ0) is 14.7. The van der Waals surface area contributed by atoms with E-state index in [1.165, 1.54) is 24.3 Å². The number of thioether (sulfide) groups is 1. The number of carbonyl (C=O) groups excluding carboxylic acids is 1. The summed E-state index contributed by atoms with van der Waals surface area (Å²) in [7, 11) is 0. The molecule has 1 saturated heterocycles. The predicted octanol–water partition coefficient (Wildman–Crippen LogP) is 4.27. The van der Waals surface area contributed by atoms with Crippen molar-refractivity contribution in [3.05, 3.63) is 4.88 Å². The first kappa shape index (κ1) is 15.7. The lowest BCUT2D eigenvalue weighted by atomic mass is 9.95. The molecule has 3 nitrogen and oxygen atoms in total. The summed E-state index contributed by atoms with van der Waals surface area (Å²) in [5, 5.41) is 1.21. The number of hydrogen-bond acceptors (Lipinski definition) is 5. The van der Waals surface area contributed by atoms with Gasteiger partial charge in [-0.3, -0.25) is 4.79 Å². The van der Waals surface area contributed by atoms with E-state index in [9.17, 15) is 4.79 Å². The quantitative estimate of drug-likeness (QED) is 0.651. The smallest absolute Gasteiger partial charge is 0.174 e. The summed E-state index contributed by atoms with van der Waals surface area (Å²) in [5.41, 5.74) is 6.89. The molecule has 112 valence electrons. The number of hydrogen-bond donors (Lipinski definition) is 1. The number of carbonyl (C=O) groups is 1. The predicted molar refractivity (Wildman–Crippen MR) is 90.4 cm³/mol. The molecule has 0 aromatic carbocycles. The van der Waals surface area contributed by atoms with Crippen LogP contribution in [0, 0.1) is 5.92 Å². The van der Waals surface area contributed by atoms with Gasteiger partial charge >= 0.3 is 0 Å². The summed E-state index contributed by atoms with van der Waals surface area (Å²) >= 11 is 3.25. The molecular formula is C15H24N2OS2. The zero-order valence-electron chi connectivity index (χ0n) is 12.6. The molecule has 20 heavy (non-hydrogen) atoms. The molecule has 1 aromatic rings. The Labute approximate surface area is 129 Å². The Balaban J connectivity index is 2.25. The topological polar surface area (TPSA) is 46.3 Å². The Morgan fingerprint density at radius 2 is 2.05 bits per heavy atom. The average Bonchev–Trinajstić information content (AvgIpc) is 2.83. The molecule has 0 amide bonds. The van der Waals surface area contributed by atoms with E-state index in [2.05, 4.69) is 11.8 Å². The van der Waals surface area contributed by atoms with Crippen molar-refractivity contribution in [1.29, 1.82) is 0 Å². The molecule has 5 heteroatoms. The highest BCUT2D eigenvalue weighted by Gasteiger charge is 2.26. The lowest BCUT2D eigenvalue weighted by molar-refractivity contribution is 0.0992. The summed E-state index contributed by atoms with van der Waals surface area (Å²) in [6.45, 7) is 6.35. The van der Waals surface area contributed by atoms with Crippen molar-refractivity contribution >= 4 is 39.6 Å². The second kappa shape index (κ2) is 6.85. The van der Waals surface area contributed by atoms with Crippen molar-refractivity contribution in [3.8, 4) is 0 Å². The van der Waals surface area contributed by atoms with Gasteiger partial charge in [-0.1, -0.05) is 20.3 Å². The van der Waals surface area contributed by atoms with Gasteiger partial charge in [0.1, 0.15) is 5.00 Å². The molecule has 0 atom stereocenters. The first-order valence-electron chi connectivity index (χ1n) is 7.36. The number of rotatable bonds is 5. The van der Waals surface area contributed by atoms with Crippen molar-refractivity contribution in [2.45, 2.75) is 44.4 Å². The summed E-state index contributed by atoms with van der Waals surface area (Å²) in [5.74, 6) is 1.02. The van der Waals surface area contributed by atoms with Crippen LogP contribution in [-0.2, 0) is 0 Å². The molecule has 0 spiro atoms. The van der Waals surface area contributed by atoms with Gasteiger partial charge in [0.05, 0.1) is 15.5 Å². The average molecular weight is 313 g/mol. The van der Waals surface area contributed by atoms with E-state index in [0.717, 1.165) is 28.8 Å². The van der Waals surface area contributed by atoms with Gasteiger partial charge in [-0.05, 0) is 25.0 Å². The third-order valence-corrected chi connectivity index (χ3v) is 6.40. The molecule has 0 saturated carbocycles. The Morgan fingerprint density at radius 3 is 2.55 bits per heavy atom. The second-order valence-electron chi connectivity index (χ2n) is 5.30. The largest absolute Gasteiger partial charge is 0.396 e. The van der Waals surface area contributed by atoms with Crippen LogP contribution in [0.2, 0.25) is 0 Å². The normalized spacial score (nSPS) is 16.6. The van der Waals surface area contributed by atoms with Crippen molar-refractivity contribution < 1.29 is 4.79 Å². The highest BCUT2D eigenvalue weighted by Crippen LogP contribution is 2.45. The molecule has 0 radical (unpaired) electrons. The van der Waals surface area contributed by atoms with E-state index in [-0.39, 0.29) is 5.78 Å². The maximum Gasteiger partial charge on any atom is 0.174 e. The van der Waals surface area contributed by atoms with Gasteiger partial charge in [0, 0.05) is 19.5 Å². The van der Waals surface area contributed by atoms with Crippen molar-refractivity contribution in [1.82, 2.24) is 0 Å². The summed E-state index contributed by atoms with van der Waals surface area (Å²) in [6.07, 6.45) is 6.34. The third-order valence-electron chi connectivity index (χ3n) is 4.14. The molecule has 0 unspecified atom stereocenters. The number of nitrogen functional groups attached to an aromatic ring is 1. The first-order valence-corrected chi connectivity index (χ1v) is 9.40. The minimum absolute atomic E-state index is 0.164. The Kier molecular flexibility index (Phi) is 5.38. The highest BCUT2D eigenvalue weighted by molar-refractivity contribution is 7.99. The van der Waals surface area contributed by atoms with Crippen LogP contribution < -0.4 is 10.6 Å². The summed E-state index contributed by atoms with van der Waals surface area (Å²) < 4.78 is 0. The summed E-state index contributed by atoms with van der Waals surface area (Å²) in [4.78, 5) is 16.3. The van der Waals surface area contributed by atoms with Gasteiger partial charge in [-0.15, -0.1) is 23.1 Å². The van der Waals surface area contributed by atoms with Crippen LogP contribution in [0.25, 0.3) is 0 Å². The van der Waals surface area contributed by atoms with Gasteiger partial charge in [0.25, 0.3) is 0 Å². The molecule has 1 aromatic heterocycles. The van der Waals surface area contributed by atoms with E-state index in [1.807, 2.05) is 13.2 Å². The van der Waals surface area contributed by atoms with Gasteiger partial charge in [0.2, 0.25) is 0 Å². The number of piperidine rings is 1. The standard InChI is InChI=1S/C15H24N2OS2/c1-4-10-6-8-17(9-7-10)15-14(19-3)12(16)13(20-15)11(18)5-2/h10H,4-9,16H2,1-3H3. The number of ketones is 1. The molecule has 0 aliphatic carbocycles. The minimum Gasteiger partial charge on any atom is -0.396 e. The molecule has 2 rings (SSSR count). The number of Topliss-reactive ketones (excluding diaryl/α,β-unsaturated/α-hetero) is 1. The van der Waals surface area contributed by atoms with Crippen molar-refractivity contribution in [2.24, 2.45) is 5.92 Å². The molecule has 0 bridgehead atoms. The van der Waals surface area contributed by atoms with Crippen molar-refractivity contribution in [3.63, 3.8) is 0 Å². The van der Waals surface area contributed by atoms with Crippen LogP contribution in [0.1, 0.15) is 49.2 Å². The van der Waals surface area contributed by atoms with Gasteiger partial charge in [-0.2, -0.15) is 0 Å². The Hall–Kier alpha value is -0.680. The molecule has 1 fully saturated rings. The fourth-order valence-corrected chi connectivity index (χ4v) is 4.98. The molecule has 1 aliphatic heterocycles. The maximum absolute atomic E-state index is 12.0. The molecule has 2 N–H and O–H groups in total. The van der Waals surface area contributed by atoms with Crippen LogP contribution in [0.15, 0.2) is 4.90 Å². The first-order chi connectivity index (χ1) is 9.62.